The first-order valence-electron chi connectivity index (χ1n) is 7.66. The van der Waals surface area contributed by atoms with E-state index in [0.717, 1.165) is 19.4 Å². The molecule has 0 radical (unpaired) electrons. The Bertz CT molecular complexity index is 484. The molecule has 2 unspecified atom stereocenters. The predicted molar refractivity (Wildman–Crippen MR) is 80.0 cm³/mol. The molecular formula is C13H23N7O. The van der Waals surface area contributed by atoms with Crippen LogP contribution in [0.4, 0.5) is 11.9 Å². The molecule has 0 aromatic carbocycles. The first kappa shape index (κ1) is 14.3. The maximum absolute atomic E-state index is 5.48. The predicted octanol–water partition coefficient (Wildman–Crippen LogP) is 0.595. The highest BCUT2D eigenvalue weighted by molar-refractivity contribution is 5.36. The van der Waals surface area contributed by atoms with Gasteiger partial charge in [-0.2, -0.15) is 15.0 Å². The summed E-state index contributed by atoms with van der Waals surface area (Å²) < 4.78 is 5.48. The molecule has 2 aliphatic heterocycles. The standard InChI is InChI=1S/C13H23N7O/c1-2-8-21-13-17-11(16-12(18-13)19-14)15-9-5-7-20-6-3-4-10(9)20/h9-10H,2-8,14H2,1H3,(H2,15,16,17,18,19). The SMILES string of the molecule is CCCOc1nc(NN)nc(NC2CCN3CCCC23)n1. The van der Waals surface area contributed by atoms with Crippen LogP contribution < -0.4 is 21.3 Å². The minimum absolute atomic E-state index is 0.309. The first-order chi connectivity index (χ1) is 10.3. The van der Waals surface area contributed by atoms with Gasteiger partial charge in [0, 0.05) is 18.6 Å². The fourth-order valence-electron chi connectivity index (χ4n) is 3.16. The van der Waals surface area contributed by atoms with Crippen molar-refractivity contribution in [1.82, 2.24) is 19.9 Å². The van der Waals surface area contributed by atoms with E-state index in [1.807, 2.05) is 6.92 Å². The number of hydrazine groups is 1. The summed E-state index contributed by atoms with van der Waals surface area (Å²) in [6.07, 6.45) is 4.54. The number of aromatic nitrogens is 3. The van der Waals surface area contributed by atoms with Gasteiger partial charge in [-0.3, -0.25) is 10.3 Å². The molecular weight excluding hydrogens is 270 g/mol. The third-order valence-electron chi connectivity index (χ3n) is 4.10. The molecule has 0 saturated carbocycles. The van der Waals surface area contributed by atoms with E-state index in [0.29, 0.717) is 36.6 Å². The number of nitrogens with two attached hydrogens (primary N) is 1. The highest BCUT2D eigenvalue weighted by Crippen LogP contribution is 2.29. The van der Waals surface area contributed by atoms with Gasteiger partial charge in [0.2, 0.25) is 11.9 Å². The molecule has 8 nitrogen and oxygen atoms in total. The van der Waals surface area contributed by atoms with Crippen molar-refractivity contribution in [3.63, 3.8) is 0 Å². The van der Waals surface area contributed by atoms with Crippen LogP contribution in [0.5, 0.6) is 6.01 Å². The molecule has 3 rings (SSSR count). The number of nitrogens with one attached hydrogen (secondary N) is 2. The molecule has 0 amide bonds. The average molecular weight is 293 g/mol. The van der Waals surface area contributed by atoms with Crippen molar-refractivity contribution in [2.75, 3.05) is 30.4 Å². The molecule has 0 aliphatic carbocycles. The lowest BCUT2D eigenvalue weighted by Gasteiger charge is -2.21. The Morgan fingerprint density at radius 2 is 2.10 bits per heavy atom. The molecule has 4 N–H and O–H groups in total. The number of anilines is 2. The molecule has 0 bridgehead atoms. The summed E-state index contributed by atoms with van der Waals surface area (Å²) in [5.41, 5.74) is 2.46. The zero-order chi connectivity index (χ0) is 14.7. The van der Waals surface area contributed by atoms with Crippen molar-refractivity contribution in [3.8, 4) is 6.01 Å². The van der Waals surface area contributed by atoms with E-state index >= 15 is 0 Å². The number of nitrogens with zero attached hydrogens (tertiary/aromatic N) is 4. The number of hydrogen-bond donors (Lipinski definition) is 3. The van der Waals surface area contributed by atoms with E-state index < -0.39 is 0 Å². The van der Waals surface area contributed by atoms with Gasteiger partial charge in [0.05, 0.1) is 6.61 Å². The zero-order valence-electron chi connectivity index (χ0n) is 12.4. The summed E-state index contributed by atoms with van der Waals surface area (Å²) in [4.78, 5) is 15.2. The van der Waals surface area contributed by atoms with E-state index in [2.05, 4.69) is 30.6 Å². The number of nitrogen functional groups attached to an aromatic ring is 1. The van der Waals surface area contributed by atoms with Crippen LogP contribution in [-0.2, 0) is 0 Å². The molecule has 21 heavy (non-hydrogen) atoms. The summed E-state index contributed by atoms with van der Waals surface area (Å²) in [7, 11) is 0. The quantitative estimate of drug-likeness (QED) is 0.517. The Hall–Kier alpha value is -1.67. The van der Waals surface area contributed by atoms with Gasteiger partial charge in [0.15, 0.2) is 0 Å². The number of rotatable bonds is 6. The van der Waals surface area contributed by atoms with E-state index in [9.17, 15) is 0 Å². The highest BCUT2D eigenvalue weighted by Gasteiger charge is 2.37. The van der Waals surface area contributed by atoms with Gasteiger partial charge < -0.3 is 10.1 Å². The molecule has 116 valence electrons. The zero-order valence-corrected chi connectivity index (χ0v) is 12.4. The van der Waals surface area contributed by atoms with Crippen LogP contribution in [-0.4, -0.2) is 51.6 Å². The Morgan fingerprint density at radius 3 is 2.90 bits per heavy atom. The van der Waals surface area contributed by atoms with Crippen LogP contribution in [0.1, 0.15) is 32.6 Å². The maximum Gasteiger partial charge on any atom is 0.323 e. The molecule has 8 heteroatoms. The Kier molecular flexibility index (Phi) is 4.35. The monoisotopic (exact) mass is 293 g/mol. The Labute approximate surface area is 124 Å². The minimum Gasteiger partial charge on any atom is -0.463 e. The fourth-order valence-corrected chi connectivity index (χ4v) is 3.16. The van der Waals surface area contributed by atoms with Crippen molar-refractivity contribution >= 4 is 11.9 Å². The normalized spacial score (nSPS) is 24.9. The topological polar surface area (TPSA) is 101 Å². The lowest BCUT2D eigenvalue weighted by atomic mass is 10.1. The minimum atomic E-state index is 0.309. The van der Waals surface area contributed by atoms with Crippen molar-refractivity contribution in [2.45, 2.75) is 44.7 Å². The lowest BCUT2D eigenvalue weighted by Crippen LogP contribution is -2.34. The molecule has 2 saturated heterocycles. The van der Waals surface area contributed by atoms with Crippen LogP contribution in [0.25, 0.3) is 0 Å². The molecule has 0 spiro atoms. The second kappa shape index (κ2) is 6.40. The number of ether oxygens (including phenoxy) is 1. The van der Waals surface area contributed by atoms with Crippen LogP contribution >= 0.6 is 0 Å². The third-order valence-corrected chi connectivity index (χ3v) is 4.10. The summed E-state index contributed by atoms with van der Waals surface area (Å²) in [6, 6.07) is 1.29. The Balaban J connectivity index is 1.71. The second-order valence-corrected chi connectivity index (χ2v) is 5.54. The van der Waals surface area contributed by atoms with Crippen LogP contribution in [0.15, 0.2) is 0 Å². The number of hydrogen-bond acceptors (Lipinski definition) is 8. The summed E-state index contributed by atoms with van der Waals surface area (Å²) in [5, 5.41) is 3.42. The Morgan fingerprint density at radius 1 is 1.24 bits per heavy atom. The highest BCUT2D eigenvalue weighted by atomic mass is 16.5. The van der Waals surface area contributed by atoms with Gasteiger partial charge in [-0.15, -0.1) is 0 Å². The van der Waals surface area contributed by atoms with Gasteiger partial charge in [-0.25, -0.2) is 5.84 Å². The van der Waals surface area contributed by atoms with Crippen molar-refractivity contribution in [1.29, 1.82) is 0 Å². The summed E-state index contributed by atoms with van der Waals surface area (Å²) in [5.74, 6) is 6.27. The third kappa shape index (κ3) is 3.16. The van der Waals surface area contributed by atoms with Gasteiger partial charge in [-0.05, 0) is 32.2 Å². The van der Waals surface area contributed by atoms with E-state index in [1.54, 1.807) is 0 Å². The fraction of sp³-hybridized carbons (Fsp3) is 0.769. The molecule has 1 aromatic rings. The maximum atomic E-state index is 5.48. The smallest absolute Gasteiger partial charge is 0.323 e. The average Bonchev–Trinajstić information content (AvgIpc) is 3.10. The first-order valence-corrected chi connectivity index (χ1v) is 7.66. The van der Waals surface area contributed by atoms with E-state index in [-0.39, 0.29) is 0 Å². The largest absolute Gasteiger partial charge is 0.463 e. The molecule has 2 aliphatic rings. The van der Waals surface area contributed by atoms with Crippen molar-refractivity contribution in [3.05, 3.63) is 0 Å². The lowest BCUT2D eigenvalue weighted by molar-refractivity contribution is 0.292. The molecule has 1 aromatic heterocycles. The molecule has 2 atom stereocenters. The summed E-state index contributed by atoms with van der Waals surface area (Å²) in [6.45, 7) is 4.97. The van der Waals surface area contributed by atoms with E-state index in [4.69, 9.17) is 10.6 Å². The van der Waals surface area contributed by atoms with Gasteiger partial charge in [0.25, 0.3) is 0 Å². The van der Waals surface area contributed by atoms with Gasteiger partial charge >= 0.3 is 6.01 Å². The van der Waals surface area contributed by atoms with E-state index in [1.165, 1.54) is 19.4 Å². The number of fused-ring (bicyclic) bond motifs is 1. The van der Waals surface area contributed by atoms with Crippen molar-refractivity contribution in [2.24, 2.45) is 5.84 Å². The van der Waals surface area contributed by atoms with Crippen molar-refractivity contribution < 1.29 is 4.74 Å². The van der Waals surface area contributed by atoms with Gasteiger partial charge in [0.1, 0.15) is 0 Å². The van der Waals surface area contributed by atoms with Crippen LogP contribution in [0, 0.1) is 0 Å². The second-order valence-electron chi connectivity index (χ2n) is 5.54. The van der Waals surface area contributed by atoms with Gasteiger partial charge in [-0.1, -0.05) is 6.92 Å². The molecule has 2 fully saturated rings. The molecule has 3 heterocycles. The van der Waals surface area contributed by atoms with Crippen LogP contribution in [0.3, 0.4) is 0 Å². The van der Waals surface area contributed by atoms with Crippen LogP contribution in [0.2, 0.25) is 0 Å². The summed E-state index contributed by atoms with van der Waals surface area (Å²) >= 11 is 0.